The maximum Gasteiger partial charge on any atom is 0.255 e. The van der Waals surface area contributed by atoms with Crippen molar-refractivity contribution < 1.29 is 4.74 Å². The van der Waals surface area contributed by atoms with E-state index in [2.05, 4.69) is 48.9 Å². The number of hydrogen-bond donors (Lipinski definition) is 1. The van der Waals surface area contributed by atoms with Crippen molar-refractivity contribution in [3.63, 3.8) is 0 Å². The van der Waals surface area contributed by atoms with Crippen LogP contribution >= 0.6 is 11.3 Å². The van der Waals surface area contributed by atoms with Crippen molar-refractivity contribution in [1.29, 1.82) is 0 Å². The van der Waals surface area contributed by atoms with E-state index in [1.165, 1.54) is 9.75 Å². The number of ether oxygens (including phenoxy) is 1. The van der Waals surface area contributed by atoms with Gasteiger partial charge in [-0.05, 0) is 24.3 Å². The highest BCUT2D eigenvalue weighted by Crippen LogP contribution is 2.35. The van der Waals surface area contributed by atoms with Crippen LogP contribution in [-0.4, -0.2) is 28.5 Å². The predicted molar refractivity (Wildman–Crippen MR) is 118 cm³/mol. The van der Waals surface area contributed by atoms with Gasteiger partial charge in [-0.3, -0.25) is 9.69 Å². The topological polar surface area (TPSA) is 58.2 Å². The first-order valence-electron chi connectivity index (χ1n) is 9.92. The second kappa shape index (κ2) is 7.76. The molecule has 0 atom stereocenters. The molecule has 3 heterocycles. The first-order chi connectivity index (χ1) is 13.8. The van der Waals surface area contributed by atoms with Crippen LogP contribution in [0.3, 0.4) is 0 Å². The van der Waals surface area contributed by atoms with Crippen molar-refractivity contribution in [3.05, 3.63) is 68.7 Å². The van der Waals surface area contributed by atoms with Gasteiger partial charge in [0.25, 0.3) is 5.56 Å². The van der Waals surface area contributed by atoms with Gasteiger partial charge in [0.1, 0.15) is 11.6 Å². The Bertz CT molecular complexity index is 1080. The van der Waals surface area contributed by atoms with Crippen LogP contribution in [0.5, 0.6) is 5.75 Å². The molecule has 29 heavy (non-hydrogen) atoms. The molecule has 0 saturated carbocycles. The molecule has 2 aromatic heterocycles. The molecule has 0 bridgehead atoms. The number of para-hydroxylation sites is 1. The van der Waals surface area contributed by atoms with E-state index < -0.39 is 0 Å². The highest BCUT2D eigenvalue weighted by molar-refractivity contribution is 7.15. The van der Waals surface area contributed by atoms with E-state index in [1.807, 2.05) is 18.2 Å². The Balaban J connectivity index is 1.52. The number of aromatic amines is 1. The van der Waals surface area contributed by atoms with Crippen LogP contribution in [0.4, 0.5) is 0 Å². The summed E-state index contributed by atoms with van der Waals surface area (Å²) >= 11 is 1.78. The van der Waals surface area contributed by atoms with Gasteiger partial charge in [-0.2, -0.15) is 0 Å². The summed E-state index contributed by atoms with van der Waals surface area (Å²) in [7, 11) is 1.70. The van der Waals surface area contributed by atoms with E-state index >= 15 is 0 Å². The molecule has 0 fully saturated rings. The smallest absolute Gasteiger partial charge is 0.255 e. The first kappa shape index (κ1) is 19.9. The standard InChI is InChI=1S/C23H27N3O2S/c1-23(2,3)22-24-18-11-12-26(14-17(18)21(27)25-22)13-15-9-10-20(29-15)16-7-5-6-8-19(16)28-4/h5-10H,11-14H2,1-4H3,(H,24,25,27). The van der Waals surface area contributed by atoms with Gasteiger partial charge in [0.15, 0.2) is 0 Å². The third kappa shape index (κ3) is 4.14. The fourth-order valence-corrected chi connectivity index (χ4v) is 4.73. The molecule has 0 unspecified atom stereocenters. The third-order valence-corrected chi connectivity index (χ3v) is 6.37. The molecule has 1 aromatic carbocycles. The maximum atomic E-state index is 12.7. The fraction of sp³-hybridized carbons (Fsp3) is 0.391. The molecule has 0 amide bonds. The van der Waals surface area contributed by atoms with Crippen LogP contribution in [0.25, 0.3) is 10.4 Å². The van der Waals surface area contributed by atoms with Crippen LogP contribution in [0.2, 0.25) is 0 Å². The van der Waals surface area contributed by atoms with Gasteiger partial charge in [0.2, 0.25) is 0 Å². The Labute approximate surface area is 175 Å². The Hall–Kier alpha value is -2.44. The number of benzene rings is 1. The van der Waals surface area contributed by atoms with E-state index in [4.69, 9.17) is 9.72 Å². The van der Waals surface area contributed by atoms with E-state index in [0.29, 0.717) is 6.54 Å². The van der Waals surface area contributed by atoms with E-state index in [-0.39, 0.29) is 11.0 Å². The molecule has 1 aliphatic rings. The lowest BCUT2D eigenvalue weighted by atomic mass is 9.95. The van der Waals surface area contributed by atoms with Crippen molar-refractivity contribution in [2.24, 2.45) is 0 Å². The van der Waals surface area contributed by atoms with Gasteiger partial charge < -0.3 is 9.72 Å². The molecule has 0 radical (unpaired) electrons. The van der Waals surface area contributed by atoms with E-state index in [9.17, 15) is 4.79 Å². The molecule has 0 aliphatic carbocycles. The number of methoxy groups -OCH3 is 1. The van der Waals surface area contributed by atoms with E-state index in [0.717, 1.165) is 47.9 Å². The van der Waals surface area contributed by atoms with Gasteiger partial charge in [0.05, 0.1) is 18.4 Å². The Kier molecular flexibility index (Phi) is 5.32. The minimum atomic E-state index is -0.156. The van der Waals surface area contributed by atoms with Crippen LogP contribution in [-0.2, 0) is 24.9 Å². The van der Waals surface area contributed by atoms with E-state index in [1.54, 1.807) is 18.4 Å². The first-order valence-corrected chi connectivity index (χ1v) is 10.7. The lowest BCUT2D eigenvalue weighted by Crippen LogP contribution is -2.36. The molecular formula is C23H27N3O2S. The summed E-state index contributed by atoms with van der Waals surface area (Å²) in [4.78, 5) is 25.2. The summed E-state index contributed by atoms with van der Waals surface area (Å²) in [5.74, 6) is 1.66. The molecule has 0 spiro atoms. The van der Waals surface area contributed by atoms with Crippen molar-refractivity contribution in [1.82, 2.24) is 14.9 Å². The molecule has 152 valence electrons. The quantitative estimate of drug-likeness (QED) is 0.695. The number of nitrogens with one attached hydrogen (secondary N) is 1. The normalized spacial score (nSPS) is 14.6. The van der Waals surface area contributed by atoms with Crippen molar-refractivity contribution in [3.8, 4) is 16.2 Å². The maximum absolute atomic E-state index is 12.7. The summed E-state index contributed by atoms with van der Waals surface area (Å²) in [5, 5.41) is 0. The summed E-state index contributed by atoms with van der Waals surface area (Å²) in [6.45, 7) is 8.60. The molecule has 1 aliphatic heterocycles. The van der Waals surface area contributed by atoms with Gasteiger partial charge in [-0.15, -0.1) is 11.3 Å². The second-order valence-corrected chi connectivity index (χ2v) is 9.69. The number of nitrogens with zero attached hydrogens (tertiary/aromatic N) is 2. The number of H-pyrrole nitrogens is 1. The monoisotopic (exact) mass is 409 g/mol. The van der Waals surface area contributed by atoms with Crippen molar-refractivity contribution >= 4 is 11.3 Å². The Morgan fingerprint density at radius 1 is 1.21 bits per heavy atom. The van der Waals surface area contributed by atoms with Crippen molar-refractivity contribution in [2.45, 2.75) is 45.7 Å². The second-order valence-electron chi connectivity index (χ2n) is 8.52. The highest BCUT2D eigenvalue weighted by Gasteiger charge is 2.25. The highest BCUT2D eigenvalue weighted by atomic mass is 32.1. The summed E-state index contributed by atoms with van der Waals surface area (Å²) in [5.41, 5.74) is 2.73. The van der Waals surface area contributed by atoms with Gasteiger partial charge in [-0.25, -0.2) is 4.98 Å². The predicted octanol–water partition coefficient (Wildman–Crippen LogP) is 4.36. The minimum absolute atomic E-state index is 0.00511. The Morgan fingerprint density at radius 2 is 2.00 bits per heavy atom. The van der Waals surface area contributed by atoms with Crippen LogP contribution in [0.15, 0.2) is 41.2 Å². The number of aromatic nitrogens is 2. The van der Waals surface area contributed by atoms with Gasteiger partial charge >= 0.3 is 0 Å². The summed E-state index contributed by atoms with van der Waals surface area (Å²) in [6, 6.07) is 12.4. The van der Waals surface area contributed by atoms with Crippen molar-refractivity contribution in [2.75, 3.05) is 13.7 Å². The summed E-state index contributed by atoms with van der Waals surface area (Å²) < 4.78 is 5.50. The molecule has 3 aromatic rings. The average molecular weight is 410 g/mol. The fourth-order valence-electron chi connectivity index (χ4n) is 3.65. The zero-order chi connectivity index (χ0) is 20.6. The molecule has 1 N–H and O–H groups in total. The van der Waals surface area contributed by atoms with Gasteiger partial charge in [0, 0.05) is 46.8 Å². The van der Waals surface area contributed by atoms with Crippen LogP contribution in [0, 0.1) is 0 Å². The SMILES string of the molecule is COc1ccccc1-c1ccc(CN2CCc3nc(C(C)(C)C)[nH]c(=O)c3C2)s1. The number of fused-ring (bicyclic) bond motifs is 1. The molecule has 6 heteroatoms. The summed E-state index contributed by atoms with van der Waals surface area (Å²) in [6.07, 6.45) is 0.813. The van der Waals surface area contributed by atoms with Gasteiger partial charge in [-0.1, -0.05) is 32.9 Å². The van der Waals surface area contributed by atoms with Crippen LogP contribution < -0.4 is 10.3 Å². The Morgan fingerprint density at radius 3 is 2.76 bits per heavy atom. The molecule has 4 rings (SSSR count). The minimum Gasteiger partial charge on any atom is -0.496 e. The molecule has 0 saturated heterocycles. The third-order valence-electron chi connectivity index (χ3n) is 5.27. The largest absolute Gasteiger partial charge is 0.496 e. The molecule has 5 nitrogen and oxygen atoms in total. The lowest BCUT2D eigenvalue weighted by Gasteiger charge is -2.28. The lowest BCUT2D eigenvalue weighted by molar-refractivity contribution is 0.243. The average Bonchev–Trinajstić information content (AvgIpc) is 3.16. The zero-order valence-corrected chi connectivity index (χ0v) is 18.2. The number of hydrogen-bond acceptors (Lipinski definition) is 5. The number of rotatable bonds is 4. The molecular weight excluding hydrogens is 382 g/mol. The number of thiophene rings is 1. The van der Waals surface area contributed by atoms with Crippen LogP contribution in [0.1, 0.15) is 42.7 Å². The zero-order valence-electron chi connectivity index (χ0n) is 17.4.